The van der Waals surface area contributed by atoms with E-state index in [4.69, 9.17) is 4.74 Å². The van der Waals surface area contributed by atoms with Gasteiger partial charge < -0.3 is 10.1 Å². The number of aromatic nitrogens is 2. The molecule has 0 spiro atoms. The zero-order valence-electron chi connectivity index (χ0n) is 13.3. The fourth-order valence-corrected chi connectivity index (χ4v) is 2.40. The minimum atomic E-state index is 0.263. The summed E-state index contributed by atoms with van der Waals surface area (Å²) in [4.78, 5) is 0. The van der Waals surface area contributed by atoms with Crippen molar-refractivity contribution in [1.29, 1.82) is 0 Å². The first-order chi connectivity index (χ1) is 8.92. The van der Waals surface area contributed by atoms with Gasteiger partial charge in [-0.2, -0.15) is 5.10 Å². The number of ether oxygens (including phenoxy) is 1. The topological polar surface area (TPSA) is 39.1 Å². The summed E-state index contributed by atoms with van der Waals surface area (Å²) in [6.07, 6.45) is 3.97. The van der Waals surface area contributed by atoms with Crippen molar-refractivity contribution in [2.45, 2.75) is 60.0 Å². The van der Waals surface area contributed by atoms with E-state index in [1.165, 1.54) is 5.69 Å². The van der Waals surface area contributed by atoms with Crippen molar-refractivity contribution >= 4 is 0 Å². The Labute approximate surface area is 117 Å². The van der Waals surface area contributed by atoms with Gasteiger partial charge in [0.05, 0.1) is 25.0 Å². The molecule has 0 amide bonds. The van der Waals surface area contributed by atoms with Crippen LogP contribution < -0.4 is 10.1 Å². The number of rotatable bonds is 7. The van der Waals surface area contributed by atoms with E-state index in [1.54, 1.807) is 7.11 Å². The van der Waals surface area contributed by atoms with Gasteiger partial charge in [0.15, 0.2) is 5.75 Å². The van der Waals surface area contributed by atoms with Gasteiger partial charge in [0.2, 0.25) is 0 Å². The first-order valence-corrected chi connectivity index (χ1v) is 7.26. The Balaban J connectivity index is 3.08. The number of methoxy groups -OCH3 is 1. The van der Waals surface area contributed by atoms with Crippen LogP contribution >= 0.6 is 0 Å². The van der Waals surface area contributed by atoms with E-state index in [0.29, 0.717) is 0 Å². The lowest BCUT2D eigenvalue weighted by molar-refractivity contribution is 0.295. The van der Waals surface area contributed by atoms with Crippen LogP contribution in [0.5, 0.6) is 5.75 Å². The molecule has 0 aliphatic carbocycles. The molecule has 0 saturated carbocycles. The zero-order chi connectivity index (χ0) is 14.5. The highest BCUT2D eigenvalue weighted by molar-refractivity contribution is 5.28. The molecule has 1 unspecified atom stereocenters. The maximum atomic E-state index is 5.49. The molecule has 19 heavy (non-hydrogen) atoms. The third-order valence-electron chi connectivity index (χ3n) is 3.10. The number of nitrogens with one attached hydrogen (secondary N) is 1. The van der Waals surface area contributed by atoms with Crippen LogP contribution in [-0.2, 0) is 6.54 Å². The van der Waals surface area contributed by atoms with E-state index >= 15 is 0 Å². The highest BCUT2D eigenvalue weighted by Gasteiger charge is 2.25. The minimum Gasteiger partial charge on any atom is -0.493 e. The Morgan fingerprint density at radius 3 is 2.53 bits per heavy atom. The summed E-state index contributed by atoms with van der Waals surface area (Å²) < 4.78 is 7.57. The van der Waals surface area contributed by atoms with Gasteiger partial charge in [-0.1, -0.05) is 34.6 Å². The maximum absolute atomic E-state index is 5.49. The molecule has 0 radical (unpaired) electrons. The highest BCUT2D eigenvalue weighted by Crippen LogP contribution is 2.34. The minimum absolute atomic E-state index is 0.263. The Morgan fingerprint density at radius 2 is 2.05 bits per heavy atom. The summed E-state index contributed by atoms with van der Waals surface area (Å²) in [5, 5.41) is 8.04. The predicted octanol–water partition coefficient (Wildman–Crippen LogP) is 3.39. The molecule has 0 aliphatic heterocycles. The van der Waals surface area contributed by atoms with Gasteiger partial charge in [0, 0.05) is 6.54 Å². The lowest BCUT2D eigenvalue weighted by atomic mass is 9.86. The Kier molecular flexibility index (Phi) is 5.85. The maximum Gasteiger partial charge on any atom is 0.161 e. The second-order valence-corrected chi connectivity index (χ2v) is 6.20. The van der Waals surface area contributed by atoms with Crippen molar-refractivity contribution in [3.8, 4) is 5.75 Å². The highest BCUT2D eigenvalue weighted by atomic mass is 16.5. The van der Waals surface area contributed by atoms with Gasteiger partial charge >= 0.3 is 0 Å². The average molecular weight is 267 g/mol. The van der Waals surface area contributed by atoms with E-state index < -0.39 is 0 Å². The number of aryl methyl sites for hydroxylation is 1. The monoisotopic (exact) mass is 267 g/mol. The normalized spacial score (nSPS) is 13.6. The molecule has 1 heterocycles. The molecule has 0 saturated heterocycles. The first-order valence-electron chi connectivity index (χ1n) is 7.26. The van der Waals surface area contributed by atoms with E-state index in [-0.39, 0.29) is 11.5 Å². The molecule has 1 N–H and O–H groups in total. The summed E-state index contributed by atoms with van der Waals surface area (Å²) in [5.41, 5.74) is 1.44. The molecular weight excluding hydrogens is 238 g/mol. The van der Waals surface area contributed by atoms with Gasteiger partial charge in [0.1, 0.15) is 0 Å². The summed E-state index contributed by atoms with van der Waals surface area (Å²) in [6.45, 7) is 13.0. The molecule has 1 rings (SSSR count). The summed E-state index contributed by atoms with van der Waals surface area (Å²) in [5.74, 6) is 0.892. The standard InChI is InChI=1S/C15H29N3O/c1-7-9-18-14(13(19-6)11-17-18)12(16-8-2)10-15(3,4)5/h11-12,16H,7-10H2,1-6H3. The molecule has 0 fully saturated rings. The summed E-state index contributed by atoms with van der Waals surface area (Å²) in [7, 11) is 1.72. The summed E-state index contributed by atoms with van der Waals surface area (Å²) in [6, 6.07) is 0.286. The van der Waals surface area contributed by atoms with Gasteiger partial charge in [-0.25, -0.2) is 0 Å². The van der Waals surface area contributed by atoms with Gasteiger partial charge in [-0.3, -0.25) is 4.68 Å². The quantitative estimate of drug-likeness (QED) is 0.823. The predicted molar refractivity (Wildman–Crippen MR) is 79.6 cm³/mol. The fraction of sp³-hybridized carbons (Fsp3) is 0.800. The van der Waals surface area contributed by atoms with E-state index in [1.807, 2.05) is 6.20 Å². The third-order valence-corrected chi connectivity index (χ3v) is 3.10. The Hall–Kier alpha value is -1.03. The van der Waals surface area contributed by atoms with Crippen LogP contribution in [0.15, 0.2) is 6.20 Å². The van der Waals surface area contributed by atoms with E-state index in [2.05, 4.69) is 49.7 Å². The van der Waals surface area contributed by atoms with Crippen molar-refractivity contribution in [2.75, 3.05) is 13.7 Å². The van der Waals surface area contributed by atoms with Gasteiger partial charge in [0.25, 0.3) is 0 Å². The largest absolute Gasteiger partial charge is 0.493 e. The molecule has 110 valence electrons. The average Bonchev–Trinajstić information content (AvgIpc) is 2.70. The van der Waals surface area contributed by atoms with E-state index in [0.717, 1.165) is 31.7 Å². The van der Waals surface area contributed by atoms with Crippen LogP contribution in [-0.4, -0.2) is 23.4 Å². The van der Waals surface area contributed by atoms with E-state index in [9.17, 15) is 0 Å². The van der Waals surface area contributed by atoms with Crippen LogP contribution in [0.4, 0.5) is 0 Å². The number of hydrogen-bond donors (Lipinski definition) is 1. The van der Waals surface area contributed by atoms with Gasteiger partial charge in [-0.05, 0) is 24.8 Å². The lowest BCUT2D eigenvalue weighted by Gasteiger charge is -2.27. The lowest BCUT2D eigenvalue weighted by Crippen LogP contribution is -2.28. The van der Waals surface area contributed by atoms with Crippen molar-refractivity contribution in [1.82, 2.24) is 15.1 Å². The molecule has 4 nitrogen and oxygen atoms in total. The van der Waals surface area contributed by atoms with Crippen molar-refractivity contribution < 1.29 is 4.74 Å². The van der Waals surface area contributed by atoms with Crippen LogP contribution in [0.3, 0.4) is 0 Å². The molecule has 0 bridgehead atoms. The first kappa shape index (κ1) is 16.0. The number of hydrogen-bond acceptors (Lipinski definition) is 3. The Morgan fingerprint density at radius 1 is 1.37 bits per heavy atom. The molecule has 1 aromatic heterocycles. The zero-order valence-corrected chi connectivity index (χ0v) is 13.3. The van der Waals surface area contributed by atoms with Crippen LogP contribution in [0.2, 0.25) is 0 Å². The van der Waals surface area contributed by atoms with Gasteiger partial charge in [-0.15, -0.1) is 0 Å². The fourth-order valence-electron chi connectivity index (χ4n) is 2.40. The second-order valence-electron chi connectivity index (χ2n) is 6.20. The van der Waals surface area contributed by atoms with Crippen LogP contribution in [0.1, 0.15) is 59.2 Å². The third kappa shape index (κ3) is 4.53. The molecule has 0 aromatic carbocycles. The molecular formula is C15H29N3O. The van der Waals surface area contributed by atoms with Crippen molar-refractivity contribution in [2.24, 2.45) is 5.41 Å². The van der Waals surface area contributed by atoms with Crippen LogP contribution in [0, 0.1) is 5.41 Å². The molecule has 4 heteroatoms. The second kappa shape index (κ2) is 6.94. The molecule has 1 aromatic rings. The smallest absolute Gasteiger partial charge is 0.161 e. The van der Waals surface area contributed by atoms with Crippen LogP contribution in [0.25, 0.3) is 0 Å². The molecule has 1 atom stereocenters. The summed E-state index contributed by atoms with van der Waals surface area (Å²) >= 11 is 0. The van der Waals surface area contributed by atoms with Crippen molar-refractivity contribution in [3.63, 3.8) is 0 Å². The molecule has 0 aliphatic rings. The number of nitrogens with zero attached hydrogens (tertiary/aromatic N) is 2. The SMILES string of the molecule is CCCn1ncc(OC)c1C(CC(C)(C)C)NCC. The Bertz CT molecular complexity index is 379. The van der Waals surface area contributed by atoms with Crippen molar-refractivity contribution in [3.05, 3.63) is 11.9 Å².